The summed E-state index contributed by atoms with van der Waals surface area (Å²) in [7, 11) is -18.0. The zero-order valence-electron chi connectivity index (χ0n) is 12.6. The van der Waals surface area contributed by atoms with E-state index < -0.39 is 39.2 Å². The Morgan fingerprint density at radius 1 is 0.520 bits per heavy atom. The van der Waals surface area contributed by atoms with Crippen molar-refractivity contribution in [1.82, 2.24) is 0 Å². The number of rotatable bonds is 0. The zero-order valence-corrected chi connectivity index (χ0v) is 11.6. The van der Waals surface area contributed by atoms with Gasteiger partial charge < -0.3 is 53.2 Å². The molecule has 0 N–H and O–H groups in total. The van der Waals surface area contributed by atoms with Gasteiger partial charge in [-0.1, -0.05) is 0 Å². The summed E-state index contributed by atoms with van der Waals surface area (Å²) in [6.45, 7) is 0. The monoisotopic (exact) mass is 401 g/mol. The molecule has 0 saturated carbocycles. The Morgan fingerprint density at radius 2 is 0.760 bits per heavy atom. The molecule has 0 aliphatic rings. The summed E-state index contributed by atoms with van der Waals surface area (Å²) in [4.78, 5) is 0. The van der Waals surface area contributed by atoms with Crippen molar-refractivity contribution in [1.29, 1.82) is 0 Å². The van der Waals surface area contributed by atoms with Gasteiger partial charge in [0.1, 0.15) is 5.82 Å². The second-order valence-electron chi connectivity index (χ2n) is 3.04. The third-order valence-electron chi connectivity index (χ3n) is 0.882. The molecular formula is C6H4B3F15Li-3. The molecule has 0 fully saturated rings. The number of halogens is 15. The maximum absolute atomic E-state index is 12.0. The van der Waals surface area contributed by atoms with Gasteiger partial charge in [-0.2, -0.15) is 0 Å². The first-order chi connectivity index (χ1) is 10.2. The molecule has 1 aromatic rings. The van der Waals surface area contributed by atoms with Gasteiger partial charge in [0.25, 0.3) is 0 Å². The van der Waals surface area contributed by atoms with Crippen LogP contribution in [0.3, 0.4) is 0 Å². The van der Waals surface area contributed by atoms with Gasteiger partial charge in [-0.05, 0) is 12.1 Å². The fraction of sp³-hybridized carbons (Fsp3) is 0. The quantitative estimate of drug-likeness (QED) is 0.357. The average molecular weight is 400 g/mol. The van der Waals surface area contributed by atoms with E-state index in [0.29, 0.717) is 6.07 Å². The predicted octanol–water partition coefficient (Wildman–Crippen LogP) is 3.12. The Bertz CT molecular complexity index is 414. The van der Waals surface area contributed by atoms with E-state index in [-0.39, 0.29) is 20.3 Å². The van der Waals surface area contributed by atoms with E-state index in [1.165, 1.54) is 0 Å². The largest absolute Gasteiger partial charge is 1.00 e. The van der Waals surface area contributed by atoms with Crippen molar-refractivity contribution in [2.24, 2.45) is 0 Å². The van der Waals surface area contributed by atoms with Crippen molar-refractivity contribution in [3.8, 4) is 0 Å². The molecule has 0 radical (unpaired) electrons. The van der Waals surface area contributed by atoms with Crippen molar-refractivity contribution in [3.05, 3.63) is 35.7 Å². The maximum Gasteiger partial charge on any atom is 1.00 e. The van der Waals surface area contributed by atoms with Crippen LogP contribution < -0.4 is 18.9 Å². The van der Waals surface area contributed by atoms with Crippen LogP contribution in [0.1, 0.15) is 1.43 Å². The van der Waals surface area contributed by atoms with E-state index in [1.807, 2.05) is 0 Å². The first-order valence-electron chi connectivity index (χ1n) is 4.92. The summed E-state index contributed by atoms with van der Waals surface area (Å²) in [6.07, 6.45) is 0. The number of hydrogen-bond acceptors (Lipinski definition) is 0. The normalized spacial score (nSPS) is 10.7. The van der Waals surface area contributed by atoms with Gasteiger partial charge in [0.15, 0.2) is 11.6 Å². The Hall–Kier alpha value is -1.04. The maximum atomic E-state index is 12.0. The molecule has 19 heteroatoms. The Morgan fingerprint density at radius 3 is 0.920 bits per heavy atom. The molecule has 1 aromatic carbocycles. The van der Waals surface area contributed by atoms with Gasteiger partial charge in [-0.15, -0.1) is 0 Å². The first-order valence-corrected chi connectivity index (χ1v) is 4.92. The van der Waals surface area contributed by atoms with Crippen LogP contribution in [0, 0.1) is 17.5 Å². The molecule has 146 valence electrons. The average Bonchev–Trinajstić information content (AvgIpc) is 2.16. The fourth-order valence-corrected chi connectivity index (χ4v) is 0.470. The molecule has 0 amide bonds. The molecule has 0 unspecified atom stereocenters. The van der Waals surface area contributed by atoms with Crippen molar-refractivity contribution >= 4 is 21.8 Å². The summed E-state index contributed by atoms with van der Waals surface area (Å²) in [6, 6.07) is 2.10. The molecule has 0 bridgehead atoms. The van der Waals surface area contributed by atoms with Gasteiger partial charge in [0.05, 0.1) is 0 Å². The number of hydrogen-bond donors (Lipinski definition) is 0. The van der Waals surface area contributed by atoms with Gasteiger partial charge in [-0.25, -0.2) is 13.2 Å². The molecule has 0 atom stereocenters. The van der Waals surface area contributed by atoms with Crippen molar-refractivity contribution in [2.45, 2.75) is 0 Å². The van der Waals surface area contributed by atoms with Crippen LogP contribution in [0.15, 0.2) is 18.2 Å². The smallest absolute Gasteiger partial charge is 1.00 e. The van der Waals surface area contributed by atoms with Crippen LogP contribution in [0.4, 0.5) is 65.0 Å². The van der Waals surface area contributed by atoms with Crippen LogP contribution in [0.5, 0.6) is 0 Å². The van der Waals surface area contributed by atoms with E-state index in [4.69, 9.17) is 0 Å². The zero-order chi connectivity index (χ0) is 20.4. The van der Waals surface area contributed by atoms with Crippen molar-refractivity contribution < 1.29 is 85.2 Å². The summed E-state index contributed by atoms with van der Waals surface area (Å²) in [5, 5.41) is 0. The molecular weight excluding hydrogens is 396 g/mol. The molecule has 0 heterocycles. The molecule has 0 nitrogen and oxygen atoms in total. The first kappa shape index (κ1) is 31.7. The third-order valence-corrected chi connectivity index (χ3v) is 0.882. The molecule has 0 aromatic heterocycles. The number of benzene rings is 1. The summed E-state index contributed by atoms with van der Waals surface area (Å²) < 4.78 is 153. The predicted molar refractivity (Wildman–Crippen MR) is 58.0 cm³/mol. The minimum atomic E-state index is -6.00. The SMILES string of the molecule is F[B-](F)(F)F.F[B-](F)(F)F.F[B-](F)(F)F.Fc1ccc(F)c(F)c1.[H-].[Li+]. The minimum absolute atomic E-state index is 0. The Labute approximate surface area is 143 Å². The van der Waals surface area contributed by atoms with Gasteiger partial charge >= 0.3 is 40.6 Å². The van der Waals surface area contributed by atoms with Crippen LogP contribution >= 0.6 is 0 Å². The van der Waals surface area contributed by atoms with Crippen molar-refractivity contribution in [2.75, 3.05) is 0 Å². The van der Waals surface area contributed by atoms with Gasteiger partial charge in [-0.3, -0.25) is 0 Å². The molecule has 0 saturated heterocycles. The molecule has 0 aliphatic heterocycles. The summed E-state index contributed by atoms with van der Waals surface area (Å²) in [5.41, 5.74) is 0. The second kappa shape index (κ2) is 13.2. The molecule has 1 rings (SSSR count). The minimum Gasteiger partial charge on any atom is -1.00 e. The van der Waals surface area contributed by atoms with Gasteiger partial charge in [0.2, 0.25) is 0 Å². The topological polar surface area (TPSA) is 0 Å². The summed E-state index contributed by atoms with van der Waals surface area (Å²) in [5.74, 6) is -2.96. The second-order valence-corrected chi connectivity index (χ2v) is 3.04. The van der Waals surface area contributed by atoms with Crippen LogP contribution in [-0.4, -0.2) is 21.8 Å². The van der Waals surface area contributed by atoms with E-state index in [9.17, 15) is 65.0 Å². The Kier molecular flexibility index (Phi) is 16.7. The van der Waals surface area contributed by atoms with Crippen LogP contribution in [-0.2, 0) is 0 Å². The molecule has 0 spiro atoms. The van der Waals surface area contributed by atoms with E-state index in [0.717, 1.165) is 12.1 Å². The van der Waals surface area contributed by atoms with E-state index in [1.54, 1.807) is 0 Å². The van der Waals surface area contributed by atoms with E-state index >= 15 is 0 Å². The van der Waals surface area contributed by atoms with Crippen LogP contribution in [0.25, 0.3) is 0 Å². The van der Waals surface area contributed by atoms with E-state index in [2.05, 4.69) is 0 Å². The summed E-state index contributed by atoms with van der Waals surface area (Å²) >= 11 is 0. The fourth-order valence-electron chi connectivity index (χ4n) is 0.470. The standard InChI is InChI=1S/C6H3F3.3BF4.Li.H/c7-4-1-2-5(8)6(9)3-4;3*2-1(3,4)5;;/h1-3H;;;;;/q;3*-1;+1;-1. The molecule has 25 heavy (non-hydrogen) atoms. The van der Waals surface area contributed by atoms with Crippen LogP contribution in [0.2, 0.25) is 0 Å². The third kappa shape index (κ3) is 70.5. The molecule has 0 aliphatic carbocycles. The van der Waals surface area contributed by atoms with Crippen molar-refractivity contribution in [3.63, 3.8) is 0 Å². The van der Waals surface area contributed by atoms with Gasteiger partial charge in [0, 0.05) is 6.07 Å². The Balaban J connectivity index is -0.0000000771.